The second-order valence-electron chi connectivity index (χ2n) is 4.51. The lowest BCUT2D eigenvalue weighted by Gasteiger charge is -2.11. The largest absolute Gasteiger partial charge is 0.497 e. The molecule has 1 heterocycles. The normalized spacial score (nSPS) is 12.1. The Morgan fingerprint density at radius 1 is 1.50 bits per heavy atom. The number of hydrogen-bond donors (Lipinski definition) is 1. The van der Waals surface area contributed by atoms with Crippen LogP contribution in [-0.2, 0) is 11.2 Å². The Balaban J connectivity index is 2.17. The monoisotopic (exact) mass is 276 g/mol. The van der Waals surface area contributed by atoms with Crippen LogP contribution in [0.1, 0.15) is 30.8 Å². The fraction of sp³-hybridized carbons (Fsp3) is 0.385. The maximum Gasteiger partial charge on any atom is 0.305 e. The summed E-state index contributed by atoms with van der Waals surface area (Å²) in [5.41, 5.74) is 1.00. The lowest BCUT2D eigenvalue weighted by atomic mass is 10.1. The van der Waals surface area contributed by atoms with Crippen molar-refractivity contribution in [1.82, 2.24) is 20.2 Å². The van der Waals surface area contributed by atoms with Crippen molar-refractivity contribution in [2.75, 3.05) is 7.11 Å². The number of nitrogens with zero attached hydrogens (tertiary/aromatic N) is 4. The van der Waals surface area contributed by atoms with Crippen LogP contribution >= 0.6 is 0 Å². The van der Waals surface area contributed by atoms with Gasteiger partial charge in [-0.3, -0.25) is 4.79 Å². The Hall–Kier alpha value is -2.44. The molecule has 0 bridgehead atoms. The van der Waals surface area contributed by atoms with E-state index in [4.69, 9.17) is 9.84 Å². The van der Waals surface area contributed by atoms with Crippen LogP contribution in [0.5, 0.6) is 5.75 Å². The Kier molecular flexibility index (Phi) is 4.29. The van der Waals surface area contributed by atoms with Gasteiger partial charge in [-0.15, -0.1) is 5.10 Å². The highest BCUT2D eigenvalue weighted by Gasteiger charge is 2.16. The zero-order valence-corrected chi connectivity index (χ0v) is 11.4. The lowest BCUT2D eigenvalue weighted by Crippen LogP contribution is -2.15. The van der Waals surface area contributed by atoms with Crippen LogP contribution in [0, 0.1) is 0 Å². The SMILES string of the molecule is COc1cccc(Cc2nnnn2C(C)CC(=O)O)c1. The second-order valence-corrected chi connectivity index (χ2v) is 4.51. The fourth-order valence-electron chi connectivity index (χ4n) is 1.98. The van der Waals surface area contributed by atoms with E-state index in [1.54, 1.807) is 18.7 Å². The van der Waals surface area contributed by atoms with E-state index >= 15 is 0 Å². The minimum Gasteiger partial charge on any atom is -0.497 e. The molecule has 1 aromatic heterocycles. The van der Waals surface area contributed by atoms with Crippen molar-refractivity contribution in [2.24, 2.45) is 0 Å². The number of tetrazole rings is 1. The summed E-state index contributed by atoms with van der Waals surface area (Å²) in [5.74, 6) is 0.521. The van der Waals surface area contributed by atoms with E-state index in [1.165, 1.54) is 0 Å². The van der Waals surface area contributed by atoms with Gasteiger partial charge in [-0.1, -0.05) is 12.1 Å². The van der Waals surface area contributed by atoms with Crippen molar-refractivity contribution in [3.63, 3.8) is 0 Å². The predicted octanol–water partition coefficient (Wildman–Crippen LogP) is 1.31. The van der Waals surface area contributed by atoms with E-state index in [0.29, 0.717) is 12.2 Å². The molecule has 2 rings (SSSR count). The molecule has 7 heteroatoms. The van der Waals surface area contributed by atoms with Crippen LogP contribution in [0.15, 0.2) is 24.3 Å². The summed E-state index contributed by atoms with van der Waals surface area (Å²) in [4.78, 5) is 10.8. The molecule has 1 N–H and O–H groups in total. The summed E-state index contributed by atoms with van der Waals surface area (Å²) in [6, 6.07) is 7.32. The molecule has 0 radical (unpaired) electrons. The zero-order chi connectivity index (χ0) is 14.5. The molecule has 1 aromatic carbocycles. The van der Waals surface area contributed by atoms with Gasteiger partial charge in [0.2, 0.25) is 0 Å². The van der Waals surface area contributed by atoms with Gasteiger partial charge in [0.25, 0.3) is 0 Å². The van der Waals surface area contributed by atoms with Crippen molar-refractivity contribution in [3.05, 3.63) is 35.7 Å². The number of carbonyl (C=O) groups is 1. The predicted molar refractivity (Wildman–Crippen MR) is 70.6 cm³/mol. The molecule has 1 unspecified atom stereocenters. The summed E-state index contributed by atoms with van der Waals surface area (Å²) >= 11 is 0. The molecule has 0 spiro atoms. The third kappa shape index (κ3) is 3.31. The molecular weight excluding hydrogens is 260 g/mol. The summed E-state index contributed by atoms with van der Waals surface area (Å²) in [5, 5.41) is 20.3. The summed E-state index contributed by atoms with van der Waals surface area (Å²) in [6.07, 6.45) is 0.504. The van der Waals surface area contributed by atoms with Gasteiger partial charge >= 0.3 is 5.97 Å². The van der Waals surface area contributed by atoms with Crippen LogP contribution < -0.4 is 4.74 Å². The first kappa shape index (κ1) is 14.0. The summed E-state index contributed by atoms with van der Waals surface area (Å²) in [7, 11) is 1.61. The standard InChI is InChI=1S/C13H16N4O3/c1-9(6-13(18)19)17-12(14-15-16-17)8-10-4-3-5-11(7-10)20-2/h3-5,7,9H,6,8H2,1-2H3,(H,18,19). The highest BCUT2D eigenvalue weighted by atomic mass is 16.5. The van der Waals surface area contributed by atoms with Crippen LogP contribution in [0.2, 0.25) is 0 Å². The Morgan fingerprint density at radius 2 is 2.30 bits per heavy atom. The maximum atomic E-state index is 10.8. The van der Waals surface area contributed by atoms with Crippen molar-refractivity contribution in [1.29, 1.82) is 0 Å². The second kappa shape index (κ2) is 6.14. The average Bonchev–Trinajstić information content (AvgIpc) is 2.86. The highest BCUT2D eigenvalue weighted by molar-refractivity contribution is 5.67. The molecular formula is C13H16N4O3. The molecule has 106 valence electrons. The molecule has 0 aliphatic heterocycles. The molecule has 0 aliphatic rings. The first-order valence-corrected chi connectivity index (χ1v) is 6.21. The van der Waals surface area contributed by atoms with E-state index < -0.39 is 5.97 Å². The highest BCUT2D eigenvalue weighted by Crippen LogP contribution is 2.17. The van der Waals surface area contributed by atoms with E-state index in [1.807, 2.05) is 24.3 Å². The molecule has 7 nitrogen and oxygen atoms in total. The molecule has 1 atom stereocenters. The van der Waals surface area contributed by atoms with Crippen LogP contribution in [0.4, 0.5) is 0 Å². The number of aliphatic carboxylic acids is 1. The minimum atomic E-state index is -0.875. The van der Waals surface area contributed by atoms with E-state index in [2.05, 4.69) is 15.5 Å². The van der Waals surface area contributed by atoms with Crippen LogP contribution in [0.25, 0.3) is 0 Å². The van der Waals surface area contributed by atoms with Crippen molar-refractivity contribution >= 4 is 5.97 Å². The molecule has 0 aliphatic carbocycles. The van der Waals surface area contributed by atoms with Crippen molar-refractivity contribution in [3.8, 4) is 5.75 Å². The van der Waals surface area contributed by atoms with Gasteiger partial charge in [0.05, 0.1) is 19.6 Å². The number of carboxylic acids is 1. The molecule has 0 saturated heterocycles. The van der Waals surface area contributed by atoms with Gasteiger partial charge in [0.15, 0.2) is 5.82 Å². The summed E-state index contributed by atoms with van der Waals surface area (Å²) in [6.45, 7) is 1.78. The Morgan fingerprint density at radius 3 is 3.00 bits per heavy atom. The number of carboxylic acid groups (broad SMARTS) is 1. The van der Waals surface area contributed by atoms with Crippen LogP contribution in [-0.4, -0.2) is 38.4 Å². The molecule has 2 aromatic rings. The minimum absolute atomic E-state index is 0.0177. The third-order valence-corrected chi connectivity index (χ3v) is 2.94. The average molecular weight is 276 g/mol. The number of methoxy groups -OCH3 is 1. The quantitative estimate of drug-likeness (QED) is 0.855. The van der Waals surface area contributed by atoms with E-state index in [9.17, 15) is 4.79 Å². The van der Waals surface area contributed by atoms with Gasteiger partial charge in [-0.2, -0.15) is 0 Å². The van der Waals surface area contributed by atoms with E-state index in [0.717, 1.165) is 11.3 Å². The zero-order valence-electron chi connectivity index (χ0n) is 11.4. The van der Waals surface area contributed by atoms with Crippen LogP contribution in [0.3, 0.4) is 0 Å². The maximum absolute atomic E-state index is 10.8. The van der Waals surface area contributed by atoms with Crippen molar-refractivity contribution < 1.29 is 14.6 Å². The molecule has 0 saturated carbocycles. The lowest BCUT2D eigenvalue weighted by molar-refractivity contribution is -0.137. The topological polar surface area (TPSA) is 90.1 Å². The number of benzene rings is 1. The van der Waals surface area contributed by atoms with E-state index in [-0.39, 0.29) is 12.5 Å². The van der Waals surface area contributed by atoms with Crippen molar-refractivity contribution in [2.45, 2.75) is 25.8 Å². The first-order valence-electron chi connectivity index (χ1n) is 6.21. The Labute approximate surface area is 116 Å². The fourth-order valence-corrected chi connectivity index (χ4v) is 1.98. The van der Waals surface area contributed by atoms with Gasteiger partial charge in [0.1, 0.15) is 5.75 Å². The number of hydrogen-bond acceptors (Lipinski definition) is 5. The third-order valence-electron chi connectivity index (χ3n) is 2.94. The molecule has 0 amide bonds. The van der Waals surface area contributed by atoms with Gasteiger partial charge < -0.3 is 9.84 Å². The molecule has 20 heavy (non-hydrogen) atoms. The van der Waals surface area contributed by atoms with Gasteiger partial charge in [-0.25, -0.2) is 4.68 Å². The Bertz CT molecular complexity index is 597. The first-order chi connectivity index (χ1) is 9.60. The number of ether oxygens (including phenoxy) is 1. The van der Waals surface area contributed by atoms with Gasteiger partial charge in [-0.05, 0) is 35.0 Å². The van der Waals surface area contributed by atoms with Gasteiger partial charge in [0, 0.05) is 6.42 Å². The number of rotatable bonds is 6. The molecule has 0 fully saturated rings. The number of aromatic nitrogens is 4. The smallest absolute Gasteiger partial charge is 0.305 e. The summed E-state index contributed by atoms with van der Waals surface area (Å²) < 4.78 is 6.72.